The number of thioether (sulfide) groups is 1. The van der Waals surface area contributed by atoms with Gasteiger partial charge >= 0.3 is 0 Å². The second-order valence-corrected chi connectivity index (χ2v) is 10.1. The summed E-state index contributed by atoms with van der Waals surface area (Å²) in [5.41, 5.74) is 4.31. The lowest BCUT2D eigenvalue weighted by atomic mass is 9.80. The molecule has 2 aliphatic rings. The van der Waals surface area contributed by atoms with Gasteiger partial charge in [-0.3, -0.25) is 14.5 Å². The average molecular weight is 441 g/mol. The fourth-order valence-electron chi connectivity index (χ4n) is 4.27. The normalized spacial score (nSPS) is 22.0. The zero-order valence-corrected chi connectivity index (χ0v) is 19.2. The number of amides is 2. The van der Waals surface area contributed by atoms with Crippen molar-refractivity contribution in [2.24, 2.45) is 0 Å². The van der Waals surface area contributed by atoms with Gasteiger partial charge in [0.2, 0.25) is 0 Å². The number of hydrogen-bond acceptors (Lipinski definition) is 4. The molecular weight excluding hydrogens is 416 g/mol. The highest BCUT2D eigenvalue weighted by Gasteiger charge is 2.36. The Bertz CT molecular complexity index is 1060. The first-order chi connectivity index (χ1) is 14.2. The molecule has 0 aliphatic carbocycles. The van der Waals surface area contributed by atoms with E-state index in [0.29, 0.717) is 15.8 Å². The van der Waals surface area contributed by atoms with E-state index in [4.69, 9.17) is 11.6 Å². The van der Waals surface area contributed by atoms with Crippen molar-refractivity contribution in [2.75, 3.05) is 11.9 Å². The summed E-state index contributed by atoms with van der Waals surface area (Å²) in [5, 5.41) is 0.287. The van der Waals surface area contributed by atoms with Crippen molar-refractivity contribution in [1.82, 2.24) is 4.90 Å². The van der Waals surface area contributed by atoms with Crippen LogP contribution in [0.25, 0.3) is 6.08 Å². The summed E-state index contributed by atoms with van der Waals surface area (Å²) in [6.45, 7) is 6.95. The van der Waals surface area contributed by atoms with Crippen LogP contribution in [0.1, 0.15) is 49.8 Å². The number of carbonyl (C=O) groups is 2. The third-order valence-electron chi connectivity index (χ3n) is 6.12. The molecule has 4 rings (SSSR count). The van der Waals surface area contributed by atoms with Gasteiger partial charge in [0, 0.05) is 23.3 Å². The Morgan fingerprint density at radius 1 is 1.20 bits per heavy atom. The van der Waals surface area contributed by atoms with Crippen LogP contribution < -0.4 is 4.90 Å². The van der Waals surface area contributed by atoms with Gasteiger partial charge in [-0.05, 0) is 78.9 Å². The molecule has 0 unspecified atom stereocenters. The number of halogens is 1. The average Bonchev–Trinajstić information content (AvgIpc) is 2.95. The zero-order chi connectivity index (χ0) is 21.6. The Hall–Kier alpha value is -2.24. The fourth-order valence-corrected chi connectivity index (χ4v) is 5.30. The Labute approximate surface area is 186 Å². The van der Waals surface area contributed by atoms with Crippen molar-refractivity contribution < 1.29 is 9.59 Å². The second kappa shape index (κ2) is 7.78. The molecular formula is C24H25ClN2O2S. The monoisotopic (exact) mass is 440 g/mol. The lowest BCUT2D eigenvalue weighted by Gasteiger charge is -2.45. The molecule has 4 nitrogen and oxygen atoms in total. The standard InChI is InChI=1S/C24H25ClN2O2S/c1-15-13-24(2,3)26(4)20-10-9-16(11-18(15)20)12-21-22(28)27(23(29)30-21)14-17-7-5-6-8-19(17)25/h5-12,15H,13-14H2,1-4H3/b21-12-/t15-/m0/s1. The van der Waals surface area contributed by atoms with Gasteiger partial charge in [-0.1, -0.05) is 42.8 Å². The number of fused-ring (bicyclic) bond motifs is 1. The third-order valence-corrected chi connectivity index (χ3v) is 7.39. The maximum Gasteiger partial charge on any atom is 0.293 e. The first-order valence-corrected chi connectivity index (χ1v) is 11.2. The molecule has 1 fully saturated rings. The van der Waals surface area contributed by atoms with Crippen molar-refractivity contribution in [1.29, 1.82) is 0 Å². The second-order valence-electron chi connectivity index (χ2n) is 8.65. The van der Waals surface area contributed by atoms with Gasteiger partial charge in [0.05, 0.1) is 11.4 Å². The van der Waals surface area contributed by atoms with Crippen LogP contribution in [0.15, 0.2) is 47.4 Å². The molecule has 156 valence electrons. The van der Waals surface area contributed by atoms with Gasteiger partial charge in [-0.2, -0.15) is 0 Å². The molecule has 0 spiro atoms. The summed E-state index contributed by atoms with van der Waals surface area (Å²) in [6, 6.07) is 13.6. The summed E-state index contributed by atoms with van der Waals surface area (Å²) in [5.74, 6) is 0.156. The number of anilines is 1. The smallest absolute Gasteiger partial charge is 0.293 e. The third kappa shape index (κ3) is 3.77. The Morgan fingerprint density at radius 3 is 2.67 bits per heavy atom. The molecule has 30 heavy (non-hydrogen) atoms. The quantitative estimate of drug-likeness (QED) is 0.525. The molecule has 2 amide bonds. The minimum atomic E-state index is -0.269. The van der Waals surface area contributed by atoms with E-state index in [0.717, 1.165) is 29.3 Å². The molecule has 2 heterocycles. The van der Waals surface area contributed by atoms with Crippen LogP contribution in [0.5, 0.6) is 0 Å². The molecule has 6 heteroatoms. The van der Waals surface area contributed by atoms with Gasteiger partial charge in [0.15, 0.2) is 0 Å². The minimum Gasteiger partial charge on any atom is -0.369 e. The summed E-state index contributed by atoms with van der Waals surface area (Å²) >= 11 is 7.19. The van der Waals surface area contributed by atoms with Crippen LogP contribution in [0.4, 0.5) is 10.5 Å². The Morgan fingerprint density at radius 2 is 1.93 bits per heavy atom. The van der Waals surface area contributed by atoms with E-state index in [-0.39, 0.29) is 23.2 Å². The van der Waals surface area contributed by atoms with E-state index >= 15 is 0 Å². The lowest BCUT2D eigenvalue weighted by Crippen LogP contribution is -2.45. The summed E-state index contributed by atoms with van der Waals surface area (Å²) in [4.78, 5) is 29.4. The Kier molecular flexibility index (Phi) is 5.45. The van der Waals surface area contributed by atoms with Gasteiger partial charge in [-0.15, -0.1) is 0 Å². The van der Waals surface area contributed by atoms with Crippen molar-refractivity contribution in [3.63, 3.8) is 0 Å². The molecule has 2 aliphatic heterocycles. The molecule has 2 aromatic carbocycles. The van der Waals surface area contributed by atoms with Crippen molar-refractivity contribution >= 4 is 46.3 Å². The van der Waals surface area contributed by atoms with E-state index in [1.54, 1.807) is 6.07 Å². The number of hydrogen-bond donors (Lipinski definition) is 0. The van der Waals surface area contributed by atoms with Crippen LogP contribution in [-0.2, 0) is 11.3 Å². The molecule has 0 radical (unpaired) electrons. The molecule has 1 saturated heterocycles. The molecule has 0 bridgehead atoms. The number of carbonyl (C=O) groups excluding carboxylic acids is 2. The number of nitrogens with zero attached hydrogens (tertiary/aromatic N) is 2. The highest BCUT2D eigenvalue weighted by Crippen LogP contribution is 2.43. The van der Waals surface area contributed by atoms with Gasteiger partial charge in [-0.25, -0.2) is 0 Å². The van der Waals surface area contributed by atoms with E-state index in [1.807, 2.05) is 30.3 Å². The first-order valence-electron chi connectivity index (χ1n) is 10.0. The van der Waals surface area contributed by atoms with Crippen molar-refractivity contribution in [3.05, 3.63) is 69.1 Å². The molecule has 0 aromatic heterocycles. The predicted octanol–water partition coefficient (Wildman–Crippen LogP) is 6.30. The van der Waals surface area contributed by atoms with Gasteiger partial charge in [0.1, 0.15) is 0 Å². The van der Waals surface area contributed by atoms with Crippen LogP contribution in [0.2, 0.25) is 5.02 Å². The largest absolute Gasteiger partial charge is 0.369 e. The van der Waals surface area contributed by atoms with Gasteiger partial charge < -0.3 is 4.90 Å². The topological polar surface area (TPSA) is 40.6 Å². The molecule has 2 aromatic rings. The number of imide groups is 1. The lowest BCUT2D eigenvalue weighted by molar-refractivity contribution is -0.123. The van der Waals surface area contributed by atoms with E-state index in [2.05, 4.69) is 44.9 Å². The minimum absolute atomic E-state index is 0.106. The molecule has 1 atom stereocenters. The predicted molar refractivity (Wildman–Crippen MR) is 125 cm³/mol. The van der Waals surface area contributed by atoms with Crippen LogP contribution in [-0.4, -0.2) is 28.6 Å². The fraction of sp³-hybridized carbons (Fsp3) is 0.333. The number of benzene rings is 2. The van der Waals surface area contributed by atoms with Crippen molar-refractivity contribution in [3.8, 4) is 0 Å². The van der Waals surface area contributed by atoms with Crippen LogP contribution >= 0.6 is 23.4 Å². The van der Waals surface area contributed by atoms with Crippen LogP contribution in [0.3, 0.4) is 0 Å². The number of rotatable bonds is 3. The highest BCUT2D eigenvalue weighted by atomic mass is 35.5. The van der Waals surface area contributed by atoms with Gasteiger partial charge in [0.25, 0.3) is 11.1 Å². The summed E-state index contributed by atoms with van der Waals surface area (Å²) in [7, 11) is 2.13. The van der Waals surface area contributed by atoms with E-state index in [9.17, 15) is 9.59 Å². The zero-order valence-electron chi connectivity index (χ0n) is 17.6. The van der Waals surface area contributed by atoms with E-state index in [1.165, 1.54) is 16.2 Å². The van der Waals surface area contributed by atoms with Crippen molar-refractivity contribution in [2.45, 2.75) is 45.2 Å². The summed E-state index contributed by atoms with van der Waals surface area (Å²) in [6.07, 6.45) is 2.89. The SMILES string of the molecule is C[C@H]1CC(C)(C)N(C)c2ccc(/C=C3\SC(=O)N(Cc4ccccc4Cl)C3=O)cc21. The Balaban J connectivity index is 1.60. The molecule has 0 N–H and O–H groups in total. The van der Waals surface area contributed by atoms with E-state index < -0.39 is 0 Å². The maximum absolute atomic E-state index is 12.9. The highest BCUT2D eigenvalue weighted by molar-refractivity contribution is 8.18. The first kappa shape index (κ1) is 21.0. The maximum atomic E-state index is 12.9. The molecule has 0 saturated carbocycles. The summed E-state index contributed by atoms with van der Waals surface area (Å²) < 4.78 is 0. The van der Waals surface area contributed by atoms with Crippen LogP contribution in [0, 0.1) is 0 Å².